The fourth-order valence-corrected chi connectivity index (χ4v) is 3.26. The van der Waals surface area contributed by atoms with Crippen LogP contribution in [0.3, 0.4) is 0 Å². The summed E-state index contributed by atoms with van der Waals surface area (Å²) in [5, 5.41) is 20.4. The van der Waals surface area contributed by atoms with Gasteiger partial charge in [-0.2, -0.15) is 10.2 Å². The number of nitrogens with zero attached hydrogens (tertiary/aromatic N) is 5. The van der Waals surface area contributed by atoms with E-state index in [1.54, 1.807) is 6.20 Å². The van der Waals surface area contributed by atoms with Crippen molar-refractivity contribution < 1.29 is 4.52 Å². The summed E-state index contributed by atoms with van der Waals surface area (Å²) in [6.07, 6.45) is 1.76. The molecule has 0 aliphatic heterocycles. The molecule has 0 fully saturated rings. The average Bonchev–Trinajstić information content (AvgIpc) is 3.35. The molecule has 8 nitrogen and oxygen atoms in total. The molecule has 0 aliphatic rings. The number of H-pyrrole nitrogens is 1. The standard InChI is InChI=1S/C19H17N7O/c1-11-8-14(25-27-11)10-26-17-6-5-13(9-15(17)12(2)24-26)21-19-18-16(22-23-19)4-3-7-20-18/h3-9H,10H2,1-2H3,(H2,21,22,23). The van der Waals surface area contributed by atoms with Crippen molar-refractivity contribution in [3.8, 4) is 0 Å². The monoisotopic (exact) mass is 359 g/mol. The first kappa shape index (κ1) is 15.6. The predicted molar refractivity (Wildman–Crippen MR) is 102 cm³/mol. The Morgan fingerprint density at radius 1 is 1.19 bits per heavy atom. The van der Waals surface area contributed by atoms with E-state index in [4.69, 9.17) is 4.52 Å². The summed E-state index contributed by atoms with van der Waals surface area (Å²) in [5.74, 6) is 1.50. The molecule has 5 rings (SSSR count). The van der Waals surface area contributed by atoms with Crippen LogP contribution >= 0.6 is 0 Å². The zero-order valence-corrected chi connectivity index (χ0v) is 14.9. The number of rotatable bonds is 4. The molecule has 0 amide bonds. The smallest absolute Gasteiger partial charge is 0.178 e. The first-order valence-electron chi connectivity index (χ1n) is 8.63. The normalized spacial score (nSPS) is 11.5. The van der Waals surface area contributed by atoms with E-state index in [1.165, 1.54) is 0 Å². The first-order valence-corrected chi connectivity index (χ1v) is 8.63. The molecule has 0 aliphatic carbocycles. The van der Waals surface area contributed by atoms with E-state index < -0.39 is 0 Å². The second kappa shape index (κ2) is 5.94. The lowest BCUT2D eigenvalue weighted by Crippen LogP contribution is -2.02. The van der Waals surface area contributed by atoms with Crippen molar-refractivity contribution in [2.75, 3.05) is 5.32 Å². The van der Waals surface area contributed by atoms with E-state index in [2.05, 4.69) is 36.8 Å². The summed E-state index contributed by atoms with van der Waals surface area (Å²) in [6, 6.07) is 11.9. The summed E-state index contributed by atoms with van der Waals surface area (Å²) in [7, 11) is 0. The molecule has 4 heterocycles. The first-order chi connectivity index (χ1) is 13.2. The van der Waals surface area contributed by atoms with E-state index in [0.717, 1.165) is 44.8 Å². The average molecular weight is 359 g/mol. The number of aromatic amines is 1. The lowest BCUT2D eigenvalue weighted by molar-refractivity contribution is 0.388. The number of aromatic nitrogens is 6. The van der Waals surface area contributed by atoms with Crippen molar-refractivity contribution in [3.05, 3.63) is 59.7 Å². The fraction of sp³-hybridized carbons (Fsp3) is 0.158. The molecule has 0 spiro atoms. The van der Waals surface area contributed by atoms with Crippen LogP contribution in [0, 0.1) is 13.8 Å². The number of hydrogen-bond acceptors (Lipinski definition) is 6. The van der Waals surface area contributed by atoms with E-state index in [0.29, 0.717) is 12.4 Å². The van der Waals surface area contributed by atoms with Gasteiger partial charge >= 0.3 is 0 Å². The largest absolute Gasteiger partial charge is 0.361 e. The third-order valence-electron chi connectivity index (χ3n) is 4.51. The zero-order chi connectivity index (χ0) is 18.4. The van der Waals surface area contributed by atoms with Gasteiger partial charge in [-0.1, -0.05) is 5.16 Å². The second-order valence-corrected chi connectivity index (χ2v) is 6.50. The van der Waals surface area contributed by atoms with E-state index in [1.807, 2.05) is 48.9 Å². The Labute approximate surface area is 154 Å². The van der Waals surface area contributed by atoms with Crippen LogP contribution < -0.4 is 5.32 Å². The van der Waals surface area contributed by atoms with Crippen LogP contribution in [0.25, 0.3) is 21.9 Å². The van der Waals surface area contributed by atoms with E-state index in [-0.39, 0.29) is 0 Å². The SMILES string of the molecule is Cc1cc(Cn2nc(C)c3cc(Nc4n[nH]c5cccnc45)ccc32)no1. The van der Waals surface area contributed by atoms with E-state index in [9.17, 15) is 0 Å². The van der Waals surface area contributed by atoms with Gasteiger partial charge < -0.3 is 9.84 Å². The Bertz CT molecular complexity index is 1260. The Hall–Kier alpha value is -3.68. The Morgan fingerprint density at radius 2 is 2.11 bits per heavy atom. The minimum atomic E-state index is 0.572. The summed E-state index contributed by atoms with van der Waals surface area (Å²) >= 11 is 0. The molecule has 134 valence electrons. The van der Waals surface area contributed by atoms with Crippen molar-refractivity contribution in [2.45, 2.75) is 20.4 Å². The van der Waals surface area contributed by atoms with Gasteiger partial charge in [0, 0.05) is 23.3 Å². The van der Waals surface area contributed by atoms with Gasteiger partial charge in [0.25, 0.3) is 0 Å². The van der Waals surface area contributed by atoms with Gasteiger partial charge in [0.1, 0.15) is 17.0 Å². The van der Waals surface area contributed by atoms with Gasteiger partial charge in [-0.25, -0.2) is 0 Å². The van der Waals surface area contributed by atoms with Crippen molar-refractivity contribution in [2.24, 2.45) is 0 Å². The topological polar surface area (TPSA) is 97.5 Å². The van der Waals surface area contributed by atoms with Crippen molar-refractivity contribution in [1.29, 1.82) is 0 Å². The summed E-state index contributed by atoms with van der Waals surface area (Å²) in [6.45, 7) is 4.46. The maximum atomic E-state index is 5.15. The number of aryl methyl sites for hydroxylation is 2. The van der Waals surface area contributed by atoms with Gasteiger partial charge in [-0.3, -0.25) is 14.8 Å². The Balaban J connectivity index is 1.49. The molecule has 0 radical (unpaired) electrons. The van der Waals surface area contributed by atoms with Crippen LogP contribution in [0.2, 0.25) is 0 Å². The van der Waals surface area contributed by atoms with Gasteiger partial charge in [0.2, 0.25) is 0 Å². The van der Waals surface area contributed by atoms with E-state index >= 15 is 0 Å². The second-order valence-electron chi connectivity index (χ2n) is 6.50. The summed E-state index contributed by atoms with van der Waals surface area (Å²) in [5.41, 5.74) is 5.50. The molecule has 1 aromatic carbocycles. The molecule has 0 unspecified atom stereocenters. The van der Waals surface area contributed by atoms with Crippen LogP contribution in [-0.4, -0.2) is 30.1 Å². The highest BCUT2D eigenvalue weighted by molar-refractivity contribution is 5.90. The number of pyridine rings is 1. The van der Waals surface area contributed by atoms with Gasteiger partial charge in [-0.15, -0.1) is 0 Å². The molecule has 27 heavy (non-hydrogen) atoms. The number of nitrogens with one attached hydrogen (secondary N) is 2. The van der Waals surface area contributed by atoms with Crippen LogP contribution in [0.4, 0.5) is 11.5 Å². The molecular formula is C19H17N7O. The lowest BCUT2D eigenvalue weighted by atomic mass is 10.2. The minimum absolute atomic E-state index is 0.572. The van der Waals surface area contributed by atoms with Crippen molar-refractivity contribution in [3.63, 3.8) is 0 Å². The molecule has 2 N–H and O–H groups in total. The minimum Gasteiger partial charge on any atom is -0.361 e. The van der Waals surface area contributed by atoms with Crippen LogP contribution in [0.5, 0.6) is 0 Å². The van der Waals surface area contributed by atoms with Crippen molar-refractivity contribution >= 4 is 33.4 Å². The molecule has 0 atom stereocenters. The highest BCUT2D eigenvalue weighted by Gasteiger charge is 2.12. The molecular weight excluding hydrogens is 342 g/mol. The number of anilines is 2. The number of hydrogen-bond donors (Lipinski definition) is 2. The number of fused-ring (bicyclic) bond motifs is 2. The molecule has 4 aromatic heterocycles. The van der Waals surface area contributed by atoms with Crippen LogP contribution in [0.1, 0.15) is 17.1 Å². The predicted octanol–water partition coefficient (Wildman–Crippen LogP) is 3.70. The molecule has 0 bridgehead atoms. The maximum absolute atomic E-state index is 5.15. The third-order valence-corrected chi connectivity index (χ3v) is 4.51. The van der Waals surface area contributed by atoms with Crippen LogP contribution in [-0.2, 0) is 6.54 Å². The van der Waals surface area contributed by atoms with Gasteiger partial charge in [-0.05, 0) is 44.2 Å². The Morgan fingerprint density at radius 3 is 2.96 bits per heavy atom. The van der Waals surface area contributed by atoms with Crippen molar-refractivity contribution in [1.82, 2.24) is 30.1 Å². The highest BCUT2D eigenvalue weighted by atomic mass is 16.5. The van der Waals surface area contributed by atoms with Gasteiger partial charge in [0.05, 0.1) is 23.3 Å². The summed E-state index contributed by atoms with van der Waals surface area (Å²) in [4.78, 5) is 4.38. The third kappa shape index (κ3) is 2.71. The molecule has 0 saturated carbocycles. The fourth-order valence-electron chi connectivity index (χ4n) is 3.26. The van der Waals surface area contributed by atoms with Crippen LogP contribution in [0.15, 0.2) is 47.1 Å². The molecule has 0 saturated heterocycles. The zero-order valence-electron chi connectivity index (χ0n) is 14.9. The quantitative estimate of drug-likeness (QED) is 0.508. The Kier molecular flexibility index (Phi) is 3.43. The number of benzene rings is 1. The lowest BCUT2D eigenvalue weighted by Gasteiger charge is -2.05. The van der Waals surface area contributed by atoms with Gasteiger partial charge in [0.15, 0.2) is 5.82 Å². The maximum Gasteiger partial charge on any atom is 0.178 e. The summed E-state index contributed by atoms with van der Waals surface area (Å²) < 4.78 is 7.09. The highest BCUT2D eigenvalue weighted by Crippen LogP contribution is 2.27. The molecule has 8 heteroatoms. The molecule has 5 aromatic rings.